The molecule has 1 unspecified atom stereocenters. The normalized spacial score (nSPS) is 17.7. The maximum absolute atomic E-state index is 12.5. The van der Waals surface area contributed by atoms with Crippen LogP contribution in [0.15, 0.2) is 24.3 Å². The van der Waals surface area contributed by atoms with Crippen LogP contribution in [0.1, 0.15) is 32.3 Å². The van der Waals surface area contributed by atoms with E-state index in [1.165, 1.54) is 13.3 Å². The molecule has 0 N–H and O–H groups in total. The van der Waals surface area contributed by atoms with Gasteiger partial charge in [-0.3, -0.25) is 9.59 Å². The Morgan fingerprint density at radius 2 is 2.00 bits per heavy atom. The Morgan fingerprint density at radius 1 is 1.30 bits per heavy atom. The molecule has 1 aromatic rings. The van der Waals surface area contributed by atoms with Crippen LogP contribution in [0.4, 0.5) is 0 Å². The number of nitrogens with zero attached hydrogens (tertiary/aromatic N) is 2. The van der Waals surface area contributed by atoms with E-state index in [0.717, 1.165) is 30.8 Å². The molecule has 1 heterocycles. The van der Waals surface area contributed by atoms with Crippen molar-refractivity contribution < 1.29 is 14.3 Å². The van der Waals surface area contributed by atoms with Crippen LogP contribution < -0.4 is 4.74 Å². The van der Waals surface area contributed by atoms with Crippen LogP contribution in [0.3, 0.4) is 0 Å². The average Bonchev–Trinajstić information content (AvgIpc) is 2.54. The minimum absolute atomic E-state index is 0.0419. The molecule has 1 fully saturated rings. The number of rotatable bonds is 5. The Hall–Kier alpha value is -2.04. The fourth-order valence-corrected chi connectivity index (χ4v) is 2.91. The van der Waals surface area contributed by atoms with Crippen molar-refractivity contribution in [1.29, 1.82) is 0 Å². The van der Waals surface area contributed by atoms with Gasteiger partial charge in [0.1, 0.15) is 12.3 Å². The zero-order chi connectivity index (χ0) is 16.8. The summed E-state index contributed by atoms with van der Waals surface area (Å²) in [5.41, 5.74) is 0.987. The van der Waals surface area contributed by atoms with E-state index in [9.17, 15) is 9.59 Å². The monoisotopic (exact) mass is 318 g/mol. The summed E-state index contributed by atoms with van der Waals surface area (Å²) in [4.78, 5) is 27.8. The number of benzene rings is 1. The van der Waals surface area contributed by atoms with Crippen LogP contribution >= 0.6 is 0 Å². The minimum Gasteiger partial charge on any atom is -0.497 e. The lowest BCUT2D eigenvalue weighted by atomic mass is 10.0. The van der Waals surface area contributed by atoms with Gasteiger partial charge >= 0.3 is 0 Å². The van der Waals surface area contributed by atoms with Gasteiger partial charge in [0.25, 0.3) is 0 Å². The van der Waals surface area contributed by atoms with Crippen LogP contribution in [0.25, 0.3) is 0 Å². The van der Waals surface area contributed by atoms with Crippen molar-refractivity contribution in [2.75, 3.05) is 26.7 Å². The highest BCUT2D eigenvalue weighted by Crippen LogP contribution is 2.17. The second kappa shape index (κ2) is 7.99. The summed E-state index contributed by atoms with van der Waals surface area (Å²) in [5, 5.41) is 0. The number of piperidine rings is 1. The number of amides is 2. The van der Waals surface area contributed by atoms with Gasteiger partial charge < -0.3 is 14.5 Å². The molecule has 0 aliphatic carbocycles. The number of carbonyl (C=O) groups is 2. The van der Waals surface area contributed by atoms with Gasteiger partial charge in [-0.15, -0.1) is 0 Å². The number of carbonyl (C=O) groups excluding carboxylic acids is 2. The zero-order valence-electron chi connectivity index (χ0n) is 14.2. The van der Waals surface area contributed by atoms with Gasteiger partial charge in [0.05, 0.1) is 7.11 Å². The van der Waals surface area contributed by atoms with Gasteiger partial charge in [-0.1, -0.05) is 19.1 Å². The van der Waals surface area contributed by atoms with Gasteiger partial charge in [-0.25, -0.2) is 0 Å². The van der Waals surface area contributed by atoms with E-state index in [4.69, 9.17) is 4.74 Å². The third kappa shape index (κ3) is 4.98. The summed E-state index contributed by atoms with van der Waals surface area (Å²) in [7, 11) is 1.62. The van der Waals surface area contributed by atoms with E-state index in [0.29, 0.717) is 12.5 Å². The summed E-state index contributed by atoms with van der Waals surface area (Å²) in [5.74, 6) is 1.28. The lowest BCUT2D eigenvalue weighted by Crippen LogP contribution is -2.45. The van der Waals surface area contributed by atoms with Crippen LogP contribution in [0, 0.1) is 5.92 Å². The largest absolute Gasteiger partial charge is 0.497 e. The van der Waals surface area contributed by atoms with Crippen molar-refractivity contribution in [2.24, 2.45) is 5.92 Å². The van der Waals surface area contributed by atoms with E-state index in [1.807, 2.05) is 29.2 Å². The SMILES string of the molecule is COc1ccc(CN(CC(=O)N2CCCC(C)C2)C(C)=O)cc1. The van der Waals surface area contributed by atoms with Crippen LogP contribution in [-0.4, -0.2) is 48.4 Å². The number of methoxy groups -OCH3 is 1. The van der Waals surface area contributed by atoms with Crippen molar-refractivity contribution in [1.82, 2.24) is 9.80 Å². The minimum atomic E-state index is -0.0841. The fraction of sp³-hybridized carbons (Fsp3) is 0.556. The molecule has 2 rings (SSSR count). The van der Waals surface area contributed by atoms with Crippen molar-refractivity contribution in [3.8, 4) is 5.75 Å². The molecular weight excluding hydrogens is 292 g/mol. The van der Waals surface area contributed by atoms with E-state index in [-0.39, 0.29) is 18.4 Å². The molecule has 1 aliphatic rings. The molecule has 0 bridgehead atoms. The van der Waals surface area contributed by atoms with E-state index in [2.05, 4.69) is 6.92 Å². The number of hydrogen-bond acceptors (Lipinski definition) is 3. The first kappa shape index (κ1) is 17.3. The first-order chi connectivity index (χ1) is 11.0. The van der Waals surface area contributed by atoms with Gasteiger partial charge in [-0.05, 0) is 36.5 Å². The van der Waals surface area contributed by atoms with E-state index >= 15 is 0 Å². The number of likely N-dealkylation sites (tertiary alicyclic amines) is 1. The Bertz CT molecular complexity index is 542. The molecule has 5 heteroatoms. The third-order valence-corrected chi connectivity index (χ3v) is 4.31. The molecular formula is C18H26N2O3. The molecule has 1 aliphatic heterocycles. The van der Waals surface area contributed by atoms with Gasteiger partial charge in [0.2, 0.25) is 11.8 Å². The van der Waals surface area contributed by atoms with Crippen molar-refractivity contribution in [2.45, 2.75) is 33.2 Å². The molecule has 2 amide bonds. The smallest absolute Gasteiger partial charge is 0.242 e. The van der Waals surface area contributed by atoms with Crippen molar-refractivity contribution in [3.63, 3.8) is 0 Å². The van der Waals surface area contributed by atoms with Gasteiger partial charge in [0, 0.05) is 26.6 Å². The van der Waals surface area contributed by atoms with Crippen LogP contribution in [0.5, 0.6) is 5.75 Å². The molecule has 0 saturated carbocycles. The quantitative estimate of drug-likeness (QED) is 0.837. The summed E-state index contributed by atoms with van der Waals surface area (Å²) in [6.07, 6.45) is 2.22. The van der Waals surface area contributed by atoms with Crippen LogP contribution in [0.2, 0.25) is 0 Å². The number of ether oxygens (including phenoxy) is 1. The van der Waals surface area contributed by atoms with Crippen LogP contribution in [-0.2, 0) is 16.1 Å². The first-order valence-corrected chi connectivity index (χ1v) is 8.16. The Kier molecular flexibility index (Phi) is 6.02. The highest BCUT2D eigenvalue weighted by atomic mass is 16.5. The second-order valence-electron chi connectivity index (χ2n) is 6.31. The Balaban J connectivity index is 1.97. The molecule has 5 nitrogen and oxygen atoms in total. The highest BCUT2D eigenvalue weighted by molar-refractivity contribution is 5.83. The molecule has 126 valence electrons. The van der Waals surface area contributed by atoms with E-state index in [1.54, 1.807) is 12.0 Å². The average molecular weight is 318 g/mol. The molecule has 0 aromatic heterocycles. The maximum Gasteiger partial charge on any atom is 0.242 e. The predicted molar refractivity (Wildman–Crippen MR) is 89.1 cm³/mol. The molecule has 1 saturated heterocycles. The summed E-state index contributed by atoms with van der Waals surface area (Å²) >= 11 is 0. The lowest BCUT2D eigenvalue weighted by molar-refractivity contribution is -0.140. The summed E-state index contributed by atoms with van der Waals surface area (Å²) in [6, 6.07) is 7.56. The molecule has 0 radical (unpaired) electrons. The zero-order valence-corrected chi connectivity index (χ0v) is 14.2. The fourth-order valence-electron chi connectivity index (χ4n) is 2.91. The Morgan fingerprint density at radius 3 is 2.57 bits per heavy atom. The van der Waals surface area contributed by atoms with Gasteiger partial charge in [0.15, 0.2) is 0 Å². The number of hydrogen-bond donors (Lipinski definition) is 0. The molecule has 1 aromatic carbocycles. The van der Waals surface area contributed by atoms with Crippen molar-refractivity contribution >= 4 is 11.8 Å². The highest BCUT2D eigenvalue weighted by Gasteiger charge is 2.23. The summed E-state index contributed by atoms with van der Waals surface area (Å²) in [6.45, 7) is 5.86. The predicted octanol–water partition coefficient (Wildman–Crippen LogP) is 2.30. The van der Waals surface area contributed by atoms with Crippen molar-refractivity contribution in [3.05, 3.63) is 29.8 Å². The second-order valence-corrected chi connectivity index (χ2v) is 6.31. The standard InChI is InChI=1S/C18H26N2O3/c1-14-5-4-10-19(11-14)18(22)13-20(15(2)21)12-16-6-8-17(23-3)9-7-16/h6-9,14H,4-5,10-13H2,1-3H3. The maximum atomic E-state index is 12.5. The first-order valence-electron chi connectivity index (χ1n) is 8.16. The van der Waals surface area contributed by atoms with E-state index < -0.39 is 0 Å². The lowest BCUT2D eigenvalue weighted by Gasteiger charge is -2.32. The topological polar surface area (TPSA) is 49.9 Å². The molecule has 23 heavy (non-hydrogen) atoms. The molecule has 1 atom stereocenters. The Labute approximate surface area is 138 Å². The summed E-state index contributed by atoms with van der Waals surface area (Å²) < 4.78 is 5.13. The van der Waals surface area contributed by atoms with Gasteiger partial charge in [-0.2, -0.15) is 0 Å². The third-order valence-electron chi connectivity index (χ3n) is 4.31. The molecule has 0 spiro atoms.